The topological polar surface area (TPSA) is 92.5 Å². The minimum Gasteiger partial charge on any atom is -0.315 e. The molecule has 0 unspecified atom stereocenters. The first-order valence-corrected chi connectivity index (χ1v) is 7.89. The van der Waals surface area contributed by atoms with Crippen molar-refractivity contribution in [1.82, 2.24) is 9.62 Å². The van der Waals surface area contributed by atoms with Crippen LogP contribution >= 0.6 is 11.6 Å². The van der Waals surface area contributed by atoms with E-state index in [1.54, 1.807) is 0 Å². The number of nitro benzene ring substituents is 1. The molecule has 0 amide bonds. The lowest BCUT2D eigenvalue weighted by molar-refractivity contribution is -0.384. The van der Waals surface area contributed by atoms with E-state index < -0.39 is 14.9 Å². The molecule has 0 radical (unpaired) electrons. The number of hydrogen-bond donors (Lipinski definition) is 1. The van der Waals surface area contributed by atoms with Crippen LogP contribution < -0.4 is 5.32 Å². The average molecular weight is 320 g/mol. The van der Waals surface area contributed by atoms with Crippen LogP contribution in [0.2, 0.25) is 5.02 Å². The first-order valence-electron chi connectivity index (χ1n) is 6.08. The zero-order valence-corrected chi connectivity index (χ0v) is 12.2. The van der Waals surface area contributed by atoms with Crippen LogP contribution in [0.5, 0.6) is 0 Å². The molecule has 0 atom stereocenters. The summed E-state index contributed by atoms with van der Waals surface area (Å²) >= 11 is 5.89. The molecule has 9 heteroatoms. The van der Waals surface area contributed by atoms with Crippen molar-refractivity contribution in [3.63, 3.8) is 0 Å². The Morgan fingerprint density at radius 1 is 1.30 bits per heavy atom. The maximum Gasteiger partial charge on any atom is 0.271 e. The molecule has 1 aliphatic rings. The van der Waals surface area contributed by atoms with Crippen molar-refractivity contribution in [2.75, 3.05) is 26.2 Å². The fraction of sp³-hybridized carbons (Fsp3) is 0.455. The zero-order valence-electron chi connectivity index (χ0n) is 10.6. The molecule has 1 aromatic carbocycles. The summed E-state index contributed by atoms with van der Waals surface area (Å²) in [4.78, 5) is 9.94. The average Bonchev–Trinajstić information content (AvgIpc) is 2.67. The molecular formula is C11H14ClN3O4S. The van der Waals surface area contributed by atoms with Gasteiger partial charge in [-0.05, 0) is 19.0 Å². The Morgan fingerprint density at radius 3 is 2.70 bits per heavy atom. The minimum atomic E-state index is -3.72. The smallest absolute Gasteiger partial charge is 0.271 e. The van der Waals surface area contributed by atoms with Crippen LogP contribution in [0, 0.1) is 10.1 Å². The lowest BCUT2D eigenvalue weighted by atomic mass is 10.3. The summed E-state index contributed by atoms with van der Waals surface area (Å²) in [5.41, 5.74) is -0.230. The van der Waals surface area contributed by atoms with Gasteiger partial charge < -0.3 is 5.32 Å². The van der Waals surface area contributed by atoms with Gasteiger partial charge in [-0.2, -0.15) is 4.31 Å². The van der Waals surface area contributed by atoms with Crippen molar-refractivity contribution in [2.24, 2.45) is 0 Å². The Bertz CT molecular complexity index is 612. The number of halogens is 1. The number of nitro groups is 1. The zero-order chi connectivity index (χ0) is 14.8. The first kappa shape index (κ1) is 15.2. The Balaban J connectivity index is 2.36. The van der Waals surface area contributed by atoms with Gasteiger partial charge in [-0.25, -0.2) is 8.42 Å². The van der Waals surface area contributed by atoms with Crippen molar-refractivity contribution < 1.29 is 13.3 Å². The number of hydrogen-bond acceptors (Lipinski definition) is 5. The third-order valence-electron chi connectivity index (χ3n) is 3.04. The van der Waals surface area contributed by atoms with Gasteiger partial charge >= 0.3 is 0 Å². The van der Waals surface area contributed by atoms with Crippen LogP contribution in [0.25, 0.3) is 0 Å². The number of benzene rings is 1. The summed E-state index contributed by atoms with van der Waals surface area (Å²) in [6.45, 7) is 2.10. The lowest BCUT2D eigenvalue weighted by Gasteiger charge is -2.20. The van der Waals surface area contributed by atoms with Gasteiger partial charge in [-0.1, -0.05) is 11.6 Å². The molecule has 0 aliphatic carbocycles. The number of rotatable bonds is 3. The highest BCUT2D eigenvalue weighted by Gasteiger charge is 2.28. The van der Waals surface area contributed by atoms with Gasteiger partial charge in [-0.15, -0.1) is 0 Å². The van der Waals surface area contributed by atoms with Gasteiger partial charge in [-0.3, -0.25) is 10.1 Å². The summed E-state index contributed by atoms with van der Waals surface area (Å²) in [5.74, 6) is 0. The second-order valence-electron chi connectivity index (χ2n) is 4.38. The molecule has 0 aromatic heterocycles. The molecule has 1 aromatic rings. The molecule has 1 aliphatic heterocycles. The van der Waals surface area contributed by atoms with E-state index in [9.17, 15) is 18.5 Å². The molecule has 7 nitrogen and oxygen atoms in total. The summed E-state index contributed by atoms with van der Waals surface area (Å²) in [5, 5.41) is 13.6. The molecule has 110 valence electrons. The highest BCUT2D eigenvalue weighted by Crippen LogP contribution is 2.28. The van der Waals surface area contributed by atoms with Crippen LogP contribution in [0.3, 0.4) is 0 Å². The second kappa shape index (κ2) is 6.04. The second-order valence-corrected chi connectivity index (χ2v) is 6.69. The van der Waals surface area contributed by atoms with E-state index in [1.165, 1.54) is 10.4 Å². The van der Waals surface area contributed by atoms with E-state index in [0.717, 1.165) is 18.7 Å². The van der Waals surface area contributed by atoms with Crippen molar-refractivity contribution in [2.45, 2.75) is 11.3 Å². The summed E-state index contributed by atoms with van der Waals surface area (Å²) in [6.07, 6.45) is 0.712. The molecule has 20 heavy (non-hydrogen) atoms. The Hall–Kier alpha value is -1.22. The summed E-state index contributed by atoms with van der Waals surface area (Å²) < 4.78 is 26.3. The summed E-state index contributed by atoms with van der Waals surface area (Å²) in [7, 11) is -3.72. The monoisotopic (exact) mass is 319 g/mol. The molecular weight excluding hydrogens is 306 g/mol. The van der Waals surface area contributed by atoms with Gasteiger partial charge in [0.05, 0.1) is 9.95 Å². The normalized spacial score (nSPS) is 17.6. The van der Waals surface area contributed by atoms with E-state index in [0.29, 0.717) is 26.1 Å². The largest absolute Gasteiger partial charge is 0.315 e. The van der Waals surface area contributed by atoms with Gasteiger partial charge in [0.25, 0.3) is 5.69 Å². The van der Waals surface area contributed by atoms with Gasteiger partial charge in [0.1, 0.15) is 4.90 Å². The molecule has 2 rings (SSSR count). The molecule has 1 heterocycles. The Morgan fingerprint density at radius 2 is 2.05 bits per heavy atom. The molecule has 1 fully saturated rings. The SMILES string of the molecule is O=[N+]([O-])c1ccc(S(=O)(=O)N2CCCNCC2)c(Cl)c1. The predicted molar refractivity (Wildman–Crippen MR) is 74.4 cm³/mol. The van der Waals surface area contributed by atoms with Crippen molar-refractivity contribution in [3.05, 3.63) is 33.3 Å². The fourth-order valence-corrected chi connectivity index (χ4v) is 4.00. The molecule has 0 saturated carbocycles. The fourth-order valence-electron chi connectivity index (χ4n) is 2.01. The van der Waals surface area contributed by atoms with Crippen molar-refractivity contribution >= 4 is 27.3 Å². The number of sulfonamides is 1. The maximum atomic E-state index is 12.5. The van der Waals surface area contributed by atoms with Crippen LogP contribution in [0.1, 0.15) is 6.42 Å². The minimum absolute atomic E-state index is 0.0910. The van der Waals surface area contributed by atoms with Crippen molar-refractivity contribution in [1.29, 1.82) is 0 Å². The standard InChI is InChI=1S/C11H14ClN3O4S/c12-10-8-9(15(16)17)2-3-11(10)20(18,19)14-6-1-4-13-5-7-14/h2-3,8,13H,1,4-7H2. The highest BCUT2D eigenvalue weighted by atomic mass is 35.5. The van der Waals surface area contributed by atoms with Crippen molar-refractivity contribution in [3.8, 4) is 0 Å². The third-order valence-corrected chi connectivity index (χ3v) is 5.42. The van der Waals surface area contributed by atoms with Crippen LogP contribution in [0.15, 0.2) is 23.1 Å². The number of nitrogens with zero attached hydrogens (tertiary/aromatic N) is 2. The number of nitrogens with one attached hydrogen (secondary N) is 1. The molecule has 1 N–H and O–H groups in total. The van der Waals surface area contributed by atoms with Crippen LogP contribution in [0.4, 0.5) is 5.69 Å². The molecule has 0 spiro atoms. The van der Waals surface area contributed by atoms with Gasteiger partial charge in [0.15, 0.2) is 0 Å². The van der Waals surface area contributed by atoms with E-state index in [4.69, 9.17) is 11.6 Å². The van der Waals surface area contributed by atoms with E-state index >= 15 is 0 Å². The lowest BCUT2D eigenvalue weighted by Crippen LogP contribution is -2.34. The maximum absolute atomic E-state index is 12.5. The Kier molecular flexibility index (Phi) is 4.59. The van der Waals surface area contributed by atoms with E-state index in [2.05, 4.69) is 5.32 Å². The third kappa shape index (κ3) is 3.09. The molecule has 1 saturated heterocycles. The number of non-ortho nitro benzene ring substituents is 1. The van der Waals surface area contributed by atoms with Crippen LogP contribution in [-0.2, 0) is 10.0 Å². The summed E-state index contributed by atoms with van der Waals surface area (Å²) in [6, 6.07) is 3.40. The van der Waals surface area contributed by atoms with Crippen LogP contribution in [-0.4, -0.2) is 43.8 Å². The first-order chi connectivity index (χ1) is 9.43. The van der Waals surface area contributed by atoms with Gasteiger partial charge in [0.2, 0.25) is 10.0 Å². The van der Waals surface area contributed by atoms with E-state index in [-0.39, 0.29) is 15.6 Å². The highest BCUT2D eigenvalue weighted by molar-refractivity contribution is 7.89. The van der Waals surface area contributed by atoms with Gasteiger partial charge in [0, 0.05) is 31.8 Å². The quantitative estimate of drug-likeness (QED) is 0.668. The van der Waals surface area contributed by atoms with E-state index in [1.807, 2.05) is 0 Å². The Labute approximate surface area is 121 Å². The predicted octanol–water partition coefficient (Wildman–Crippen LogP) is 1.23. The molecule has 0 bridgehead atoms.